The van der Waals surface area contributed by atoms with Gasteiger partial charge in [0.15, 0.2) is 9.84 Å². The van der Waals surface area contributed by atoms with Crippen LogP contribution in [-0.4, -0.2) is 32.9 Å². The van der Waals surface area contributed by atoms with Crippen molar-refractivity contribution >= 4 is 21.6 Å². The molecular weight excluding hydrogens is 386 g/mol. The molecule has 1 aliphatic rings. The number of hydrogen-bond donors (Lipinski definition) is 2. The molecule has 0 fully saturated rings. The first kappa shape index (κ1) is 21.3. The number of nitrogens with one attached hydrogen (secondary N) is 2. The van der Waals surface area contributed by atoms with E-state index in [1.54, 1.807) is 12.1 Å². The molecule has 0 unspecified atom stereocenters. The molecule has 7 heteroatoms. The van der Waals surface area contributed by atoms with Crippen LogP contribution in [0.25, 0.3) is 0 Å². The average Bonchev–Trinajstić information content (AvgIpc) is 2.99. The van der Waals surface area contributed by atoms with Gasteiger partial charge in [-0.2, -0.15) is 0 Å². The number of carbonyl (C=O) groups is 1. The summed E-state index contributed by atoms with van der Waals surface area (Å²) in [5.41, 5.74) is 3.79. The Morgan fingerprint density at radius 3 is 2.34 bits per heavy atom. The van der Waals surface area contributed by atoms with Gasteiger partial charge in [0.2, 0.25) is 0 Å². The fourth-order valence-electron chi connectivity index (χ4n) is 3.28. The molecule has 0 bridgehead atoms. The third-order valence-electron chi connectivity index (χ3n) is 4.76. The molecule has 2 amide bonds. The van der Waals surface area contributed by atoms with E-state index < -0.39 is 9.84 Å². The van der Waals surface area contributed by atoms with Gasteiger partial charge in [0.1, 0.15) is 0 Å². The molecule has 2 aromatic carbocycles. The molecule has 29 heavy (non-hydrogen) atoms. The topological polar surface area (TPSA) is 78.5 Å². The third kappa shape index (κ3) is 5.81. The number of anilines is 1. The van der Waals surface area contributed by atoms with Crippen molar-refractivity contribution in [3.63, 3.8) is 0 Å². The molecule has 0 saturated heterocycles. The minimum atomic E-state index is -3.46. The highest BCUT2D eigenvalue weighted by atomic mass is 32.2. The maximum atomic E-state index is 12.8. The third-order valence-corrected chi connectivity index (χ3v) is 6.46. The Morgan fingerprint density at radius 2 is 1.69 bits per heavy atom. The molecule has 1 heterocycles. The van der Waals surface area contributed by atoms with Gasteiger partial charge in [-0.1, -0.05) is 39.0 Å². The Balaban J connectivity index is 1.64. The molecule has 0 aliphatic carbocycles. The predicted octanol–water partition coefficient (Wildman–Crippen LogP) is 3.77. The summed E-state index contributed by atoms with van der Waals surface area (Å²) in [6.45, 7) is 8.40. The van der Waals surface area contributed by atoms with Crippen molar-refractivity contribution in [2.75, 3.05) is 18.9 Å². The van der Waals surface area contributed by atoms with Gasteiger partial charge in [0.05, 0.1) is 10.6 Å². The van der Waals surface area contributed by atoms with Crippen molar-refractivity contribution < 1.29 is 13.2 Å². The quantitative estimate of drug-likeness (QED) is 0.779. The average molecular weight is 416 g/mol. The molecular formula is C22H29N3O3S. The van der Waals surface area contributed by atoms with Crippen LogP contribution in [0, 0.1) is 5.41 Å². The SMILES string of the molecule is CN1Cc2ccc(CS(=O)(=O)c3ccc(NC(=O)NCC(C)(C)C)cc3)cc2C1. The molecule has 0 saturated carbocycles. The molecule has 0 radical (unpaired) electrons. The number of urea groups is 1. The van der Waals surface area contributed by atoms with Crippen LogP contribution in [0.5, 0.6) is 0 Å². The van der Waals surface area contributed by atoms with E-state index in [1.165, 1.54) is 23.3 Å². The Morgan fingerprint density at radius 1 is 1.03 bits per heavy atom. The van der Waals surface area contributed by atoms with Crippen molar-refractivity contribution in [1.29, 1.82) is 0 Å². The Labute approximate surface area is 173 Å². The van der Waals surface area contributed by atoms with E-state index >= 15 is 0 Å². The molecule has 3 rings (SSSR count). The highest BCUT2D eigenvalue weighted by molar-refractivity contribution is 7.90. The number of fused-ring (bicyclic) bond motifs is 1. The zero-order valence-electron chi connectivity index (χ0n) is 17.5. The highest BCUT2D eigenvalue weighted by Crippen LogP contribution is 2.25. The summed E-state index contributed by atoms with van der Waals surface area (Å²) in [6, 6.07) is 11.9. The number of sulfone groups is 1. The van der Waals surface area contributed by atoms with Gasteiger partial charge < -0.3 is 10.6 Å². The molecule has 0 atom stereocenters. The van der Waals surface area contributed by atoms with Crippen LogP contribution < -0.4 is 10.6 Å². The van der Waals surface area contributed by atoms with Crippen LogP contribution in [0.2, 0.25) is 0 Å². The molecule has 0 aromatic heterocycles. The molecule has 2 aromatic rings. The van der Waals surface area contributed by atoms with E-state index in [0.717, 1.165) is 18.7 Å². The zero-order valence-corrected chi connectivity index (χ0v) is 18.3. The first-order valence-electron chi connectivity index (χ1n) is 9.69. The number of carbonyl (C=O) groups excluding carboxylic acids is 1. The van der Waals surface area contributed by atoms with Crippen LogP contribution in [-0.2, 0) is 28.7 Å². The molecule has 1 aliphatic heterocycles. The van der Waals surface area contributed by atoms with Crippen LogP contribution in [0.15, 0.2) is 47.4 Å². The highest BCUT2D eigenvalue weighted by Gasteiger charge is 2.19. The van der Waals surface area contributed by atoms with Crippen LogP contribution in [0.4, 0.5) is 10.5 Å². The van der Waals surface area contributed by atoms with Crippen molar-refractivity contribution in [2.45, 2.75) is 44.5 Å². The number of nitrogens with zero attached hydrogens (tertiary/aromatic N) is 1. The summed E-state index contributed by atoms with van der Waals surface area (Å²) in [7, 11) is -1.41. The van der Waals surface area contributed by atoms with Crippen molar-refractivity contribution in [3.05, 3.63) is 59.2 Å². The second-order valence-electron chi connectivity index (χ2n) is 8.93. The van der Waals surface area contributed by atoms with Crippen molar-refractivity contribution in [2.24, 2.45) is 5.41 Å². The lowest BCUT2D eigenvalue weighted by Gasteiger charge is -2.19. The standard InChI is InChI=1S/C22H29N3O3S/c1-22(2,3)15-23-21(26)24-19-7-9-20(10-8-19)29(27,28)14-16-5-6-17-12-25(4)13-18(17)11-16/h5-11H,12-15H2,1-4H3,(H2,23,24,26). The summed E-state index contributed by atoms with van der Waals surface area (Å²) in [5, 5.41) is 5.53. The van der Waals surface area contributed by atoms with Crippen LogP contribution in [0.3, 0.4) is 0 Å². The van der Waals surface area contributed by atoms with E-state index in [1.807, 2.05) is 39.0 Å². The maximum absolute atomic E-state index is 12.8. The lowest BCUT2D eigenvalue weighted by Crippen LogP contribution is -2.35. The number of rotatable bonds is 5. The van der Waals surface area contributed by atoms with Gasteiger partial charge >= 0.3 is 6.03 Å². The van der Waals surface area contributed by atoms with Crippen molar-refractivity contribution in [1.82, 2.24) is 10.2 Å². The summed E-state index contributed by atoms with van der Waals surface area (Å²) in [6.07, 6.45) is 0. The first-order chi connectivity index (χ1) is 13.5. The number of benzene rings is 2. The summed E-state index contributed by atoms with van der Waals surface area (Å²) in [4.78, 5) is 14.4. The van der Waals surface area contributed by atoms with Gasteiger partial charge in [0, 0.05) is 25.3 Å². The molecule has 2 N–H and O–H groups in total. The second-order valence-corrected chi connectivity index (χ2v) is 10.9. The number of amides is 2. The number of hydrogen-bond acceptors (Lipinski definition) is 4. The summed E-state index contributed by atoms with van der Waals surface area (Å²) >= 11 is 0. The van der Waals surface area contributed by atoms with Crippen LogP contribution >= 0.6 is 0 Å². The lowest BCUT2D eigenvalue weighted by molar-refractivity contribution is 0.247. The first-order valence-corrected chi connectivity index (χ1v) is 11.3. The van der Waals surface area contributed by atoms with Gasteiger partial charge in [-0.05, 0) is 53.4 Å². The van der Waals surface area contributed by atoms with Gasteiger partial charge in [-0.3, -0.25) is 4.90 Å². The van der Waals surface area contributed by atoms with E-state index in [9.17, 15) is 13.2 Å². The summed E-state index contributed by atoms with van der Waals surface area (Å²) < 4.78 is 25.6. The predicted molar refractivity (Wildman–Crippen MR) is 115 cm³/mol. The molecule has 0 spiro atoms. The van der Waals surface area contributed by atoms with E-state index in [-0.39, 0.29) is 22.1 Å². The Kier molecular flexibility index (Phi) is 6.00. The van der Waals surface area contributed by atoms with E-state index in [4.69, 9.17) is 0 Å². The largest absolute Gasteiger partial charge is 0.337 e. The maximum Gasteiger partial charge on any atom is 0.319 e. The second kappa shape index (κ2) is 8.16. The van der Waals surface area contributed by atoms with Crippen molar-refractivity contribution in [3.8, 4) is 0 Å². The Hall–Kier alpha value is -2.38. The van der Waals surface area contributed by atoms with Gasteiger partial charge in [-0.15, -0.1) is 0 Å². The van der Waals surface area contributed by atoms with E-state index in [0.29, 0.717) is 12.2 Å². The minimum absolute atomic E-state index is 0.0117. The smallest absolute Gasteiger partial charge is 0.319 e. The Bertz CT molecular complexity index is 993. The normalized spacial score (nSPS) is 14.5. The zero-order chi connectivity index (χ0) is 21.2. The van der Waals surface area contributed by atoms with Crippen LogP contribution in [0.1, 0.15) is 37.5 Å². The fourth-order valence-corrected chi connectivity index (χ4v) is 4.61. The molecule has 6 nitrogen and oxygen atoms in total. The monoisotopic (exact) mass is 415 g/mol. The van der Waals surface area contributed by atoms with Gasteiger partial charge in [0.25, 0.3) is 0 Å². The van der Waals surface area contributed by atoms with Gasteiger partial charge in [-0.25, -0.2) is 13.2 Å². The summed E-state index contributed by atoms with van der Waals surface area (Å²) in [5.74, 6) is -0.0389. The fraction of sp³-hybridized carbons (Fsp3) is 0.409. The van der Waals surface area contributed by atoms with E-state index in [2.05, 4.69) is 22.6 Å². The lowest BCUT2D eigenvalue weighted by atomic mass is 9.97. The minimum Gasteiger partial charge on any atom is -0.337 e. The molecule has 156 valence electrons.